The Morgan fingerprint density at radius 2 is 2.47 bits per heavy atom. The molecule has 1 unspecified atom stereocenters. The second-order valence-electron chi connectivity index (χ2n) is 3.97. The molecule has 1 atom stereocenters. The maximum absolute atomic E-state index is 5.60. The lowest BCUT2D eigenvalue weighted by Gasteiger charge is -2.10. The molecule has 0 bridgehead atoms. The second kappa shape index (κ2) is 5.91. The first-order chi connectivity index (χ1) is 8.24. The average molecular weight is 298 g/mol. The molecule has 0 fully saturated rings. The van der Waals surface area contributed by atoms with Gasteiger partial charge in [-0.15, -0.1) is 0 Å². The van der Waals surface area contributed by atoms with Crippen molar-refractivity contribution in [2.24, 2.45) is 4.99 Å². The van der Waals surface area contributed by atoms with Gasteiger partial charge in [-0.3, -0.25) is 4.99 Å². The largest absolute Gasteiger partial charge is 0.492 e. The molecule has 1 aromatic carbocycles. The molecular weight excluding hydrogens is 282 g/mol. The smallest absolute Gasteiger partial charge is 0.191 e. The standard InChI is InChI=1S/C12H16BrN3O/c1-9-8-15-12(16-9)14-5-6-17-11-4-2-3-10(13)7-11/h2-4,7,9H,5-6,8H2,1H3,(H2,14,15,16). The minimum Gasteiger partial charge on any atom is -0.492 e. The summed E-state index contributed by atoms with van der Waals surface area (Å²) in [5.74, 6) is 1.74. The Morgan fingerprint density at radius 3 is 3.18 bits per heavy atom. The topological polar surface area (TPSA) is 45.7 Å². The third-order valence-electron chi connectivity index (χ3n) is 2.37. The van der Waals surface area contributed by atoms with Crippen molar-refractivity contribution in [3.8, 4) is 5.75 Å². The van der Waals surface area contributed by atoms with Crippen LogP contribution in [-0.4, -0.2) is 31.7 Å². The highest BCUT2D eigenvalue weighted by Gasteiger charge is 2.10. The summed E-state index contributed by atoms with van der Waals surface area (Å²) in [6, 6.07) is 8.26. The van der Waals surface area contributed by atoms with E-state index in [-0.39, 0.29) is 0 Å². The molecule has 1 aromatic rings. The van der Waals surface area contributed by atoms with Crippen molar-refractivity contribution >= 4 is 21.9 Å². The van der Waals surface area contributed by atoms with E-state index in [0.717, 1.165) is 29.3 Å². The average Bonchev–Trinajstić information content (AvgIpc) is 2.71. The van der Waals surface area contributed by atoms with Gasteiger partial charge in [0, 0.05) is 10.5 Å². The zero-order valence-corrected chi connectivity index (χ0v) is 11.3. The number of halogens is 1. The number of aliphatic imine (C=N–C) groups is 1. The van der Waals surface area contributed by atoms with E-state index in [1.54, 1.807) is 0 Å². The van der Waals surface area contributed by atoms with E-state index >= 15 is 0 Å². The molecule has 0 amide bonds. The summed E-state index contributed by atoms with van der Waals surface area (Å²) < 4.78 is 6.62. The van der Waals surface area contributed by atoms with Gasteiger partial charge in [0.25, 0.3) is 0 Å². The first-order valence-electron chi connectivity index (χ1n) is 5.67. The fourth-order valence-electron chi connectivity index (χ4n) is 1.55. The Kier molecular flexibility index (Phi) is 4.25. The summed E-state index contributed by atoms with van der Waals surface area (Å²) in [6.07, 6.45) is 0. The fourth-order valence-corrected chi connectivity index (χ4v) is 1.93. The third-order valence-corrected chi connectivity index (χ3v) is 2.86. The number of guanidine groups is 1. The zero-order valence-electron chi connectivity index (χ0n) is 9.74. The first kappa shape index (κ1) is 12.2. The number of hydrogen-bond donors (Lipinski definition) is 2. The van der Waals surface area contributed by atoms with Gasteiger partial charge in [0.15, 0.2) is 5.96 Å². The van der Waals surface area contributed by atoms with Crippen LogP contribution < -0.4 is 15.4 Å². The fraction of sp³-hybridized carbons (Fsp3) is 0.417. The molecule has 2 rings (SSSR count). The molecule has 2 N–H and O–H groups in total. The minimum absolute atomic E-state index is 0.434. The van der Waals surface area contributed by atoms with Crippen LogP contribution >= 0.6 is 15.9 Å². The molecule has 0 saturated carbocycles. The normalized spacial score (nSPS) is 18.5. The maximum Gasteiger partial charge on any atom is 0.191 e. The van der Waals surface area contributed by atoms with Gasteiger partial charge in [0.1, 0.15) is 12.4 Å². The third kappa shape index (κ3) is 3.93. The van der Waals surface area contributed by atoms with Crippen LogP contribution in [0.4, 0.5) is 0 Å². The van der Waals surface area contributed by atoms with Crippen LogP contribution in [-0.2, 0) is 0 Å². The highest BCUT2D eigenvalue weighted by atomic mass is 79.9. The molecule has 0 radical (unpaired) electrons. The predicted octanol–water partition coefficient (Wildman–Crippen LogP) is 1.77. The number of ether oxygens (including phenoxy) is 1. The molecule has 4 nitrogen and oxygen atoms in total. The lowest BCUT2D eigenvalue weighted by Crippen LogP contribution is -2.39. The number of nitrogens with one attached hydrogen (secondary N) is 2. The highest BCUT2D eigenvalue weighted by molar-refractivity contribution is 9.10. The molecule has 5 heteroatoms. The molecule has 0 aromatic heterocycles. The molecule has 92 valence electrons. The van der Waals surface area contributed by atoms with Gasteiger partial charge in [0.05, 0.1) is 13.1 Å². The van der Waals surface area contributed by atoms with Gasteiger partial charge in [-0.1, -0.05) is 22.0 Å². The van der Waals surface area contributed by atoms with Gasteiger partial charge in [-0.05, 0) is 25.1 Å². The van der Waals surface area contributed by atoms with Gasteiger partial charge >= 0.3 is 0 Å². The number of nitrogens with zero attached hydrogens (tertiary/aromatic N) is 1. The van der Waals surface area contributed by atoms with Crippen molar-refractivity contribution in [2.45, 2.75) is 13.0 Å². The van der Waals surface area contributed by atoms with Gasteiger partial charge in [-0.25, -0.2) is 0 Å². The Balaban J connectivity index is 1.67. The minimum atomic E-state index is 0.434. The molecular formula is C12H16BrN3O. The van der Waals surface area contributed by atoms with Gasteiger partial charge < -0.3 is 15.4 Å². The lowest BCUT2D eigenvalue weighted by molar-refractivity contribution is 0.322. The Morgan fingerprint density at radius 1 is 1.59 bits per heavy atom. The summed E-state index contributed by atoms with van der Waals surface area (Å²) in [7, 11) is 0. The van der Waals surface area contributed by atoms with Gasteiger partial charge in [-0.2, -0.15) is 0 Å². The van der Waals surface area contributed by atoms with Gasteiger partial charge in [0.2, 0.25) is 0 Å². The molecule has 1 aliphatic heterocycles. The molecule has 1 aliphatic rings. The van der Waals surface area contributed by atoms with Crippen LogP contribution in [0.2, 0.25) is 0 Å². The highest BCUT2D eigenvalue weighted by Crippen LogP contribution is 2.17. The number of benzene rings is 1. The van der Waals surface area contributed by atoms with E-state index in [1.165, 1.54) is 0 Å². The summed E-state index contributed by atoms with van der Waals surface area (Å²) in [5, 5.41) is 6.44. The quantitative estimate of drug-likeness (QED) is 0.833. The van der Waals surface area contributed by atoms with E-state index < -0.39 is 0 Å². The number of hydrogen-bond acceptors (Lipinski definition) is 4. The van der Waals surface area contributed by atoms with E-state index in [2.05, 4.69) is 38.5 Å². The Hall–Kier alpha value is -1.23. The summed E-state index contributed by atoms with van der Waals surface area (Å²) in [4.78, 5) is 4.31. The van der Waals surface area contributed by atoms with Crippen LogP contribution in [0.3, 0.4) is 0 Å². The Labute approximate surface area is 110 Å². The molecule has 0 spiro atoms. The monoisotopic (exact) mass is 297 g/mol. The first-order valence-corrected chi connectivity index (χ1v) is 6.46. The van der Waals surface area contributed by atoms with Crippen molar-refractivity contribution in [1.29, 1.82) is 0 Å². The van der Waals surface area contributed by atoms with Crippen molar-refractivity contribution in [3.63, 3.8) is 0 Å². The summed E-state index contributed by atoms with van der Waals surface area (Å²) in [5.41, 5.74) is 0. The van der Waals surface area contributed by atoms with Crippen LogP contribution in [0.5, 0.6) is 5.75 Å². The molecule has 0 saturated heterocycles. The molecule has 0 aliphatic carbocycles. The zero-order chi connectivity index (χ0) is 12.1. The lowest BCUT2D eigenvalue weighted by atomic mass is 10.3. The molecule has 1 heterocycles. The number of rotatable bonds is 4. The van der Waals surface area contributed by atoms with E-state index in [1.807, 2.05) is 24.3 Å². The van der Waals surface area contributed by atoms with Crippen LogP contribution in [0, 0.1) is 0 Å². The second-order valence-corrected chi connectivity index (χ2v) is 4.88. The van der Waals surface area contributed by atoms with Crippen LogP contribution in [0.1, 0.15) is 6.92 Å². The SMILES string of the molecule is CC1CN=C(NCCOc2cccc(Br)c2)N1. The molecule has 17 heavy (non-hydrogen) atoms. The van der Waals surface area contributed by atoms with Crippen molar-refractivity contribution in [3.05, 3.63) is 28.7 Å². The van der Waals surface area contributed by atoms with Crippen molar-refractivity contribution in [2.75, 3.05) is 19.7 Å². The van der Waals surface area contributed by atoms with E-state index in [0.29, 0.717) is 12.6 Å². The Bertz CT molecular complexity index is 408. The summed E-state index contributed by atoms with van der Waals surface area (Å²) in [6.45, 7) is 4.31. The van der Waals surface area contributed by atoms with E-state index in [9.17, 15) is 0 Å². The summed E-state index contributed by atoms with van der Waals surface area (Å²) >= 11 is 3.41. The van der Waals surface area contributed by atoms with E-state index in [4.69, 9.17) is 4.74 Å². The maximum atomic E-state index is 5.60. The van der Waals surface area contributed by atoms with Crippen molar-refractivity contribution < 1.29 is 4.74 Å². The van der Waals surface area contributed by atoms with Crippen LogP contribution in [0.25, 0.3) is 0 Å². The van der Waals surface area contributed by atoms with Crippen molar-refractivity contribution in [1.82, 2.24) is 10.6 Å². The van der Waals surface area contributed by atoms with Crippen LogP contribution in [0.15, 0.2) is 33.7 Å². The predicted molar refractivity (Wildman–Crippen MR) is 72.5 cm³/mol.